The van der Waals surface area contributed by atoms with Crippen molar-refractivity contribution in [1.82, 2.24) is 9.97 Å². The van der Waals surface area contributed by atoms with Crippen LogP contribution in [0.1, 0.15) is 0 Å². The number of nitrogens with one attached hydrogen (secondary N) is 1. The predicted molar refractivity (Wildman–Crippen MR) is 76.8 cm³/mol. The lowest BCUT2D eigenvalue weighted by atomic mass is 10.1. The lowest BCUT2D eigenvalue weighted by Gasteiger charge is -2.10. The molecule has 2 aliphatic rings. The maximum absolute atomic E-state index is 5.59. The summed E-state index contributed by atoms with van der Waals surface area (Å²) < 4.78 is 5.59. The largest absolute Gasteiger partial charge is 0.494 e. The van der Waals surface area contributed by atoms with E-state index in [9.17, 15) is 0 Å². The van der Waals surface area contributed by atoms with Gasteiger partial charge < -0.3 is 9.72 Å². The predicted octanol–water partition coefficient (Wildman–Crippen LogP) is 3.83. The SMILES string of the molecule is COc1c2nc3ccccc3c-2[nH]c2ccccc12. The maximum Gasteiger partial charge on any atom is 0.155 e. The Morgan fingerprint density at radius 2 is 1.68 bits per heavy atom. The van der Waals surface area contributed by atoms with E-state index in [4.69, 9.17) is 4.74 Å². The molecule has 3 nitrogen and oxygen atoms in total. The zero-order valence-corrected chi connectivity index (χ0v) is 10.5. The number of nitrogens with zero attached hydrogens (tertiary/aromatic N) is 1. The molecule has 0 unspecified atom stereocenters. The van der Waals surface area contributed by atoms with Gasteiger partial charge in [0, 0.05) is 16.3 Å². The van der Waals surface area contributed by atoms with E-state index in [0.717, 1.165) is 38.9 Å². The number of aromatic nitrogens is 2. The number of hydrogen-bond donors (Lipinski definition) is 1. The molecule has 0 bridgehead atoms. The van der Waals surface area contributed by atoms with E-state index in [1.165, 1.54) is 0 Å². The smallest absolute Gasteiger partial charge is 0.155 e. The first kappa shape index (κ1) is 10.4. The van der Waals surface area contributed by atoms with Gasteiger partial charge in [-0.1, -0.05) is 30.3 Å². The fraction of sp³-hybridized carbons (Fsp3) is 0.0625. The van der Waals surface area contributed by atoms with Gasteiger partial charge in [-0.15, -0.1) is 0 Å². The summed E-state index contributed by atoms with van der Waals surface area (Å²) in [4.78, 5) is 8.14. The molecule has 0 atom stereocenters. The van der Waals surface area contributed by atoms with Crippen LogP contribution in [0, 0.1) is 0 Å². The summed E-state index contributed by atoms with van der Waals surface area (Å²) in [7, 11) is 1.69. The Labute approximate surface area is 110 Å². The Hall–Kier alpha value is -2.55. The normalized spacial score (nSPS) is 11.4. The first-order chi connectivity index (χ1) is 9.38. The van der Waals surface area contributed by atoms with Gasteiger partial charge in [-0.2, -0.15) is 0 Å². The van der Waals surface area contributed by atoms with Gasteiger partial charge in [0.1, 0.15) is 5.69 Å². The number of rotatable bonds is 1. The number of ether oxygens (including phenoxy) is 1. The number of fused-ring (bicyclic) bond motifs is 4. The Morgan fingerprint density at radius 3 is 2.53 bits per heavy atom. The summed E-state index contributed by atoms with van der Waals surface area (Å²) in [5.41, 5.74) is 3.97. The van der Waals surface area contributed by atoms with Crippen molar-refractivity contribution in [3.05, 3.63) is 48.5 Å². The van der Waals surface area contributed by atoms with Crippen LogP contribution in [0.25, 0.3) is 33.2 Å². The van der Waals surface area contributed by atoms with Gasteiger partial charge in [-0.3, -0.25) is 0 Å². The van der Waals surface area contributed by atoms with Crippen LogP contribution in [0.4, 0.5) is 0 Å². The van der Waals surface area contributed by atoms with Crippen LogP contribution in [0.2, 0.25) is 0 Å². The van der Waals surface area contributed by atoms with E-state index < -0.39 is 0 Å². The Balaban J connectivity index is 2.27. The van der Waals surface area contributed by atoms with Crippen LogP contribution in [0.5, 0.6) is 5.75 Å². The summed E-state index contributed by atoms with van der Waals surface area (Å²) in [6, 6.07) is 16.3. The Morgan fingerprint density at radius 1 is 0.947 bits per heavy atom. The lowest BCUT2D eigenvalue weighted by Crippen LogP contribution is -1.93. The van der Waals surface area contributed by atoms with Gasteiger partial charge in [0.05, 0.1) is 18.3 Å². The van der Waals surface area contributed by atoms with Gasteiger partial charge in [0.2, 0.25) is 0 Å². The van der Waals surface area contributed by atoms with Crippen LogP contribution in [-0.4, -0.2) is 17.1 Å². The first-order valence-corrected chi connectivity index (χ1v) is 6.21. The third kappa shape index (κ3) is 1.35. The van der Waals surface area contributed by atoms with Crippen molar-refractivity contribution in [3.63, 3.8) is 0 Å². The second-order valence-corrected chi connectivity index (χ2v) is 4.56. The van der Waals surface area contributed by atoms with Crippen LogP contribution < -0.4 is 4.74 Å². The average Bonchev–Trinajstić information content (AvgIpc) is 2.83. The zero-order chi connectivity index (χ0) is 12.8. The van der Waals surface area contributed by atoms with Crippen molar-refractivity contribution in [2.24, 2.45) is 0 Å². The molecule has 2 aromatic rings. The third-order valence-corrected chi connectivity index (χ3v) is 3.49. The topological polar surface area (TPSA) is 37.9 Å². The van der Waals surface area contributed by atoms with Gasteiger partial charge >= 0.3 is 0 Å². The standard InChI is InChI=1S/C16H12N2O/c1-19-16-11-7-3-5-9-13(11)17-14-10-6-2-4-8-12(10)18-15(14)16/h2-9,17H,1H3. The Kier molecular flexibility index (Phi) is 2.03. The van der Waals surface area contributed by atoms with Crippen LogP contribution >= 0.6 is 0 Å². The number of aromatic amines is 1. The molecule has 0 fully saturated rings. The number of hydrogen-bond acceptors (Lipinski definition) is 2. The molecule has 2 aliphatic heterocycles. The third-order valence-electron chi connectivity index (χ3n) is 3.49. The zero-order valence-electron chi connectivity index (χ0n) is 10.5. The van der Waals surface area contributed by atoms with Crippen molar-refractivity contribution in [1.29, 1.82) is 0 Å². The second kappa shape index (κ2) is 3.72. The molecule has 19 heavy (non-hydrogen) atoms. The fourth-order valence-electron chi connectivity index (χ4n) is 2.64. The van der Waals surface area contributed by atoms with Crippen molar-refractivity contribution in [2.75, 3.05) is 7.11 Å². The van der Waals surface area contributed by atoms with Crippen molar-refractivity contribution >= 4 is 21.8 Å². The van der Waals surface area contributed by atoms with E-state index >= 15 is 0 Å². The van der Waals surface area contributed by atoms with Crippen LogP contribution in [0.15, 0.2) is 48.5 Å². The molecule has 0 saturated heterocycles. The van der Waals surface area contributed by atoms with Crippen molar-refractivity contribution in [3.8, 4) is 17.1 Å². The molecule has 0 spiro atoms. The van der Waals surface area contributed by atoms with E-state index in [0.29, 0.717) is 0 Å². The molecular formula is C16H12N2O. The van der Waals surface area contributed by atoms with Gasteiger partial charge in [0.15, 0.2) is 5.75 Å². The highest BCUT2D eigenvalue weighted by molar-refractivity contribution is 6.03. The fourth-order valence-corrected chi connectivity index (χ4v) is 2.64. The molecule has 0 aliphatic carbocycles. The van der Waals surface area contributed by atoms with Crippen LogP contribution in [0.3, 0.4) is 0 Å². The summed E-state index contributed by atoms with van der Waals surface area (Å²) in [6.07, 6.45) is 0. The minimum absolute atomic E-state index is 0.834. The van der Waals surface area contributed by atoms with Crippen LogP contribution in [-0.2, 0) is 0 Å². The van der Waals surface area contributed by atoms with Crippen molar-refractivity contribution < 1.29 is 4.74 Å². The minimum atomic E-state index is 0.834. The molecule has 4 rings (SSSR count). The molecular weight excluding hydrogens is 236 g/mol. The number of benzene rings is 2. The number of pyridine rings is 1. The van der Waals surface area contributed by atoms with E-state index in [1.807, 2.05) is 36.4 Å². The minimum Gasteiger partial charge on any atom is -0.494 e. The molecule has 2 heterocycles. The molecule has 0 saturated carbocycles. The number of methoxy groups -OCH3 is 1. The highest BCUT2D eigenvalue weighted by atomic mass is 16.5. The molecule has 0 aromatic heterocycles. The van der Waals surface area contributed by atoms with Gasteiger partial charge in [0.25, 0.3) is 0 Å². The Bertz CT molecular complexity index is 863. The van der Waals surface area contributed by atoms with Crippen molar-refractivity contribution in [2.45, 2.75) is 0 Å². The van der Waals surface area contributed by atoms with Gasteiger partial charge in [-0.05, 0) is 18.2 Å². The highest BCUT2D eigenvalue weighted by Crippen LogP contribution is 2.40. The summed E-state index contributed by atoms with van der Waals surface area (Å²) in [5, 5.41) is 2.18. The highest BCUT2D eigenvalue weighted by Gasteiger charge is 2.19. The van der Waals surface area contributed by atoms with E-state index in [1.54, 1.807) is 7.11 Å². The average molecular weight is 248 g/mol. The van der Waals surface area contributed by atoms with E-state index in [-0.39, 0.29) is 0 Å². The number of para-hydroxylation sites is 2. The summed E-state index contributed by atoms with van der Waals surface area (Å²) in [5.74, 6) is 0.834. The molecule has 92 valence electrons. The second-order valence-electron chi connectivity index (χ2n) is 4.56. The molecule has 2 aromatic carbocycles. The first-order valence-electron chi connectivity index (χ1n) is 6.21. The molecule has 1 N–H and O–H groups in total. The monoisotopic (exact) mass is 248 g/mol. The summed E-state index contributed by atoms with van der Waals surface area (Å²) >= 11 is 0. The lowest BCUT2D eigenvalue weighted by molar-refractivity contribution is 0.420. The molecule has 0 radical (unpaired) electrons. The number of H-pyrrole nitrogens is 1. The molecule has 3 heteroatoms. The maximum atomic E-state index is 5.59. The summed E-state index contributed by atoms with van der Waals surface area (Å²) in [6.45, 7) is 0. The van der Waals surface area contributed by atoms with E-state index in [2.05, 4.69) is 22.1 Å². The molecule has 0 amide bonds. The quantitative estimate of drug-likeness (QED) is 0.556. The van der Waals surface area contributed by atoms with Gasteiger partial charge in [-0.25, -0.2) is 4.98 Å².